The number of hydrogen-bond acceptors (Lipinski definition) is 2. The zero-order valence-corrected chi connectivity index (χ0v) is 11.6. The van der Waals surface area contributed by atoms with Crippen molar-refractivity contribution in [1.29, 1.82) is 0 Å². The Bertz CT molecular complexity index is 452. The summed E-state index contributed by atoms with van der Waals surface area (Å²) < 4.78 is 1.26. The molecule has 0 amide bonds. The predicted molar refractivity (Wildman–Crippen MR) is 69.8 cm³/mol. The van der Waals surface area contributed by atoms with E-state index in [-0.39, 0.29) is 0 Å². The Morgan fingerprint density at radius 2 is 2.29 bits per heavy atom. The molecular formula is C10H9Br2NS. The van der Waals surface area contributed by atoms with Crippen LogP contribution < -0.4 is 0 Å². The number of nitrogens with zero attached hydrogens (tertiary/aromatic N) is 1. The highest BCUT2D eigenvalue weighted by molar-refractivity contribution is 9.12. The van der Waals surface area contributed by atoms with Gasteiger partial charge in [0.2, 0.25) is 0 Å². The summed E-state index contributed by atoms with van der Waals surface area (Å²) in [4.78, 5) is 4.84. The molecule has 0 aliphatic rings. The standard InChI is InChI=1S/C10H9Br2NS/c1-6-13-9-4-7(8(12)5-11)2-3-10(9)14-6/h2-4,8H,5H2,1H3. The molecule has 1 nitrogen and oxygen atoms in total. The molecule has 1 heterocycles. The van der Waals surface area contributed by atoms with Crippen molar-refractivity contribution in [2.75, 3.05) is 5.33 Å². The van der Waals surface area contributed by atoms with Gasteiger partial charge in [-0.15, -0.1) is 11.3 Å². The van der Waals surface area contributed by atoms with Gasteiger partial charge in [-0.3, -0.25) is 0 Å². The summed E-state index contributed by atoms with van der Waals surface area (Å²) in [5.74, 6) is 0. The Balaban J connectivity index is 2.50. The maximum Gasteiger partial charge on any atom is 0.0907 e. The minimum atomic E-state index is 0.369. The van der Waals surface area contributed by atoms with E-state index >= 15 is 0 Å². The third-order valence-corrected chi connectivity index (χ3v) is 5.34. The lowest BCUT2D eigenvalue weighted by molar-refractivity contribution is 1.16. The molecule has 0 aliphatic carbocycles. The second-order valence-electron chi connectivity index (χ2n) is 3.08. The smallest absolute Gasteiger partial charge is 0.0907 e. The lowest BCUT2D eigenvalue weighted by Gasteiger charge is -2.04. The van der Waals surface area contributed by atoms with Gasteiger partial charge in [-0.2, -0.15) is 0 Å². The minimum absolute atomic E-state index is 0.369. The van der Waals surface area contributed by atoms with E-state index < -0.39 is 0 Å². The number of benzene rings is 1. The van der Waals surface area contributed by atoms with E-state index in [2.05, 4.69) is 55.0 Å². The maximum atomic E-state index is 4.47. The molecule has 1 aromatic carbocycles. The number of thiazole rings is 1. The van der Waals surface area contributed by atoms with Crippen LogP contribution in [0.3, 0.4) is 0 Å². The molecule has 0 fully saturated rings. The topological polar surface area (TPSA) is 12.9 Å². The van der Waals surface area contributed by atoms with E-state index in [1.807, 2.05) is 6.92 Å². The van der Waals surface area contributed by atoms with Crippen molar-refractivity contribution >= 4 is 53.4 Å². The molecule has 1 aromatic heterocycles. The van der Waals surface area contributed by atoms with Gasteiger partial charge in [0, 0.05) is 10.2 Å². The molecular weight excluding hydrogens is 326 g/mol. The Morgan fingerprint density at radius 3 is 3.00 bits per heavy atom. The van der Waals surface area contributed by atoms with Crippen molar-refractivity contribution in [2.24, 2.45) is 0 Å². The van der Waals surface area contributed by atoms with Crippen LogP contribution in [0.2, 0.25) is 0 Å². The number of rotatable bonds is 2. The van der Waals surface area contributed by atoms with Gasteiger partial charge in [-0.25, -0.2) is 4.98 Å². The first kappa shape index (κ1) is 10.6. The van der Waals surface area contributed by atoms with Crippen molar-refractivity contribution in [1.82, 2.24) is 4.98 Å². The van der Waals surface area contributed by atoms with E-state index in [0.717, 1.165) is 15.9 Å². The minimum Gasteiger partial charge on any atom is -0.242 e. The van der Waals surface area contributed by atoms with Gasteiger partial charge in [0.15, 0.2) is 0 Å². The molecule has 0 saturated carbocycles. The lowest BCUT2D eigenvalue weighted by atomic mass is 10.2. The van der Waals surface area contributed by atoms with Crippen LogP contribution in [-0.4, -0.2) is 10.3 Å². The number of hydrogen-bond donors (Lipinski definition) is 0. The quantitative estimate of drug-likeness (QED) is 0.740. The van der Waals surface area contributed by atoms with Crippen LogP contribution in [0.25, 0.3) is 10.2 Å². The molecule has 74 valence electrons. The van der Waals surface area contributed by atoms with E-state index in [0.29, 0.717) is 4.83 Å². The molecule has 4 heteroatoms. The lowest BCUT2D eigenvalue weighted by Crippen LogP contribution is -1.89. The van der Waals surface area contributed by atoms with Crippen molar-refractivity contribution in [3.8, 4) is 0 Å². The summed E-state index contributed by atoms with van der Waals surface area (Å²) in [5, 5.41) is 2.05. The zero-order valence-electron chi connectivity index (χ0n) is 7.63. The third kappa shape index (κ3) is 2.02. The number of alkyl halides is 2. The van der Waals surface area contributed by atoms with Gasteiger partial charge in [0.1, 0.15) is 0 Å². The van der Waals surface area contributed by atoms with Crippen molar-refractivity contribution in [3.63, 3.8) is 0 Å². The van der Waals surface area contributed by atoms with Gasteiger partial charge >= 0.3 is 0 Å². The van der Waals surface area contributed by atoms with Gasteiger partial charge in [-0.05, 0) is 24.6 Å². The van der Waals surface area contributed by atoms with Crippen LogP contribution in [0.15, 0.2) is 18.2 Å². The fraction of sp³-hybridized carbons (Fsp3) is 0.300. The highest BCUT2D eigenvalue weighted by atomic mass is 79.9. The summed E-state index contributed by atoms with van der Waals surface area (Å²) in [7, 11) is 0. The first-order chi connectivity index (χ1) is 6.70. The second kappa shape index (κ2) is 4.29. The predicted octanol–water partition coefficient (Wildman–Crippen LogP) is 4.44. The molecule has 0 spiro atoms. The van der Waals surface area contributed by atoms with Crippen LogP contribution in [0, 0.1) is 6.92 Å². The van der Waals surface area contributed by atoms with Crippen molar-refractivity contribution < 1.29 is 0 Å². The number of fused-ring (bicyclic) bond motifs is 1. The maximum absolute atomic E-state index is 4.47. The third-order valence-electron chi connectivity index (χ3n) is 2.02. The molecule has 2 rings (SSSR count). The molecule has 14 heavy (non-hydrogen) atoms. The summed E-state index contributed by atoms with van der Waals surface area (Å²) in [5.41, 5.74) is 2.38. The van der Waals surface area contributed by atoms with Crippen LogP contribution in [0.5, 0.6) is 0 Å². The zero-order chi connectivity index (χ0) is 10.1. The van der Waals surface area contributed by atoms with Crippen LogP contribution in [0.4, 0.5) is 0 Å². The van der Waals surface area contributed by atoms with Crippen LogP contribution in [0.1, 0.15) is 15.4 Å². The van der Waals surface area contributed by atoms with Gasteiger partial charge < -0.3 is 0 Å². The molecule has 0 saturated heterocycles. The van der Waals surface area contributed by atoms with Crippen LogP contribution >= 0.6 is 43.2 Å². The molecule has 1 atom stereocenters. The molecule has 0 radical (unpaired) electrons. The fourth-order valence-corrected chi connectivity index (χ4v) is 2.81. The molecule has 1 unspecified atom stereocenters. The summed E-state index contributed by atoms with van der Waals surface area (Å²) in [6.07, 6.45) is 0. The van der Waals surface area contributed by atoms with Gasteiger partial charge in [-0.1, -0.05) is 37.9 Å². The average Bonchev–Trinajstić information content (AvgIpc) is 2.55. The molecule has 0 bridgehead atoms. The van der Waals surface area contributed by atoms with E-state index in [9.17, 15) is 0 Å². The first-order valence-electron chi connectivity index (χ1n) is 4.28. The fourth-order valence-electron chi connectivity index (χ4n) is 1.34. The Hall–Kier alpha value is 0.0700. The number of halogens is 2. The second-order valence-corrected chi connectivity index (χ2v) is 6.07. The Morgan fingerprint density at radius 1 is 1.50 bits per heavy atom. The summed E-state index contributed by atoms with van der Waals surface area (Å²) in [6, 6.07) is 6.45. The molecule has 0 aliphatic heterocycles. The van der Waals surface area contributed by atoms with E-state index in [1.54, 1.807) is 11.3 Å². The van der Waals surface area contributed by atoms with E-state index in [4.69, 9.17) is 0 Å². The average molecular weight is 335 g/mol. The van der Waals surface area contributed by atoms with Gasteiger partial charge in [0.05, 0.1) is 15.2 Å². The summed E-state index contributed by atoms with van der Waals surface area (Å²) in [6.45, 7) is 2.04. The monoisotopic (exact) mass is 333 g/mol. The molecule has 0 N–H and O–H groups in total. The number of aryl methyl sites for hydroxylation is 1. The SMILES string of the molecule is Cc1nc2cc(C(Br)CBr)ccc2s1. The largest absolute Gasteiger partial charge is 0.242 e. The summed E-state index contributed by atoms with van der Waals surface area (Å²) >= 11 is 8.80. The molecule has 2 aromatic rings. The highest BCUT2D eigenvalue weighted by Crippen LogP contribution is 2.29. The number of aromatic nitrogens is 1. The first-order valence-corrected chi connectivity index (χ1v) is 7.13. The van der Waals surface area contributed by atoms with Crippen molar-refractivity contribution in [2.45, 2.75) is 11.8 Å². The van der Waals surface area contributed by atoms with Gasteiger partial charge in [0.25, 0.3) is 0 Å². The van der Waals surface area contributed by atoms with Crippen molar-refractivity contribution in [3.05, 3.63) is 28.8 Å². The highest BCUT2D eigenvalue weighted by Gasteiger charge is 2.07. The normalized spacial score (nSPS) is 13.4. The Kier molecular flexibility index (Phi) is 3.24. The Labute approximate surface area is 104 Å². The van der Waals surface area contributed by atoms with E-state index in [1.165, 1.54) is 10.3 Å². The van der Waals surface area contributed by atoms with Crippen LogP contribution in [-0.2, 0) is 0 Å².